The summed E-state index contributed by atoms with van der Waals surface area (Å²) in [4.78, 5) is 4.96. The zero-order valence-electron chi connectivity index (χ0n) is 15.8. The Morgan fingerprint density at radius 1 is 0.852 bits per heavy atom. The second-order valence-electron chi connectivity index (χ2n) is 7.07. The van der Waals surface area contributed by atoms with Crippen LogP contribution in [0.1, 0.15) is 17.5 Å². The predicted molar refractivity (Wildman–Crippen MR) is 107 cm³/mol. The summed E-state index contributed by atoms with van der Waals surface area (Å²) in [6.45, 7) is 5.43. The Hall–Kier alpha value is -1.92. The fourth-order valence-corrected chi connectivity index (χ4v) is 3.66. The molecule has 1 unspecified atom stereocenters. The van der Waals surface area contributed by atoms with Gasteiger partial charge in [-0.2, -0.15) is 0 Å². The highest BCUT2D eigenvalue weighted by molar-refractivity contribution is 5.27. The lowest BCUT2D eigenvalue weighted by atomic mass is 10.1. The van der Waals surface area contributed by atoms with Crippen LogP contribution < -0.4 is 4.74 Å². The number of piperazine rings is 1. The predicted octanol–water partition coefficient (Wildman–Crippen LogP) is 2.13. The molecule has 5 heteroatoms. The molecule has 0 amide bonds. The van der Waals surface area contributed by atoms with Crippen molar-refractivity contribution in [2.24, 2.45) is 0 Å². The van der Waals surface area contributed by atoms with Crippen molar-refractivity contribution in [1.29, 1.82) is 0 Å². The van der Waals surface area contributed by atoms with Crippen molar-refractivity contribution in [3.05, 3.63) is 65.7 Å². The molecule has 2 aromatic carbocycles. The number of aliphatic hydroxyl groups excluding tert-OH is 2. The number of ether oxygens (including phenoxy) is 1. The normalized spacial score (nSPS) is 18.5. The third-order valence-corrected chi connectivity index (χ3v) is 5.07. The Morgan fingerprint density at radius 2 is 1.59 bits per heavy atom. The van der Waals surface area contributed by atoms with Gasteiger partial charge in [-0.3, -0.25) is 9.80 Å². The van der Waals surface area contributed by atoms with Gasteiger partial charge in [-0.25, -0.2) is 0 Å². The van der Waals surface area contributed by atoms with Crippen LogP contribution in [-0.4, -0.2) is 65.5 Å². The molecule has 0 radical (unpaired) electrons. The van der Waals surface area contributed by atoms with Gasteiger partial charge in [0.1, 0.15) is 12.4 Å². The first-order valence-electron chi connectivity index (χ1n) is 9.72. The highest BCUT2D eigenvalue weighted by Gasteiger charge is 2.26. The quantitative estimate of drug-likeness (QED) is 0.708. The van der Waals surface area contributed by atoms with Crippen LogP contribution in [0.3, 0.4) is 0 Å². The summed E-state index contributed by atoms with van der Waals surface area (Å²) in [5.41, 5.74) is 2.58. The maximum absolute atomic E-state index is 9.50. The molecule has 146 valence electrons. The van der Waals surface area contributed by atoms with E-state index < -0.39 is 0 Å². The molecule has 1 aliphatic heterocycles. The average Bonchev–Trinajstić information content (AvgIpc) is 2.70. The first-order chi connectivity index (χ1) is 13.3. The van der Waals surface area contributed by atoms with Crippen molar-refractivity contribution in [3.63, 3.8) is 0 Å². The third kappa shape index (κ3) is 6.04. The molecule has 2 aromatic rings. The van der Waals surface area contributed by atoms with Crippen LogP contribution in [0.4, 0.5) is 0 Å². The number of hydrogen-bond acceptors (Lipinski definition) is 5. The molecule has 1 fully saturated rings. The SMILES string of the molecule is OCCOc1ccc(CN2CCN(Cc3ccccc3)C(CCO)C2)cc1. The summed E-state index contributed by atoms with van der Waals surface area (Å²) in [5.74, 6) is 0.790. The number of rotatable bonds is 9. The Morgan fingerprint density at radius 3 is 2.30 bits per heavy atom. The molecule has 1 atom stereocenters. The fourth-order valence-electron chi connectivity index (χ4n) is 3.66. The van der Waals surface area contributed by atoms with Gasteiger partial charge in [0.15, 0.2) is 0 Å². The molecular formula is C22H30N2O3. The standard InChI is InChI=1S/C22H30N2O3/c25-13-10-21-18-23(11-12-24(21)17-19-4-2-1-3-5-19)16-20-6-8-22(9-7-20)27-15-14-26/h1-9,21,25-26H,10-18H2. The van der Waals surface area contributed by atoms with Gasteiger partial charge in [0.05, 0.1) is 6.61 Å². The van der Waals surface area contributed by atoms with Gasteiger partial charge < -0.3 is 14.9 Å². The summed E-state index contributed by atoms with van der Waals surface area (Å²) in [7, 11) is 0. The van der Waals surface area contributed by atoms with Crippen LogP contribution >= 0.6 is 0 Å². The zero-order valence-corrected chi connectivity index (χ0v) is 15.8. The summed E-state index contributed by atoms with van der Waals surface area (Å²) in [6.07, 6.45) is 0.803. The van der Waals surface area contributed by atoms with E-state index in [-0.39, 0.29) is 13.2 Å². The van der Waals surface area contributed by atoms with Crippen LogP contribution in [0.5, 0.6) is 5.75 Å². The van der Waals surface area contributed by atoms with Crippen molar-refractivity contribution < 1.29 is 14.9 Å². The number of aliphatic hydroxyl groups is 2. The highest BCUT2D eigenvalue weighted by atomic mass is 16.5. The van der Waals surface area contributed by atoms with E-state index in [1.54, 1.807) is 0 Å². The van der Waals surface area contributed by atoms with Crippen molar-refractivity contribution in [2.75, 3.05) is 39.5 Å². The fraction of sp³-hybridized carbons (Fsp3) is 0.455. The smallest absolute Gasteiger partial charge is 0.119 e. The van der Waals surface area contributed by atoms with E-state index >= 15 is 0 Å². The largest absolute Gasteiger partial charge is 0.491 e. The Bertz CT molecular complexity index is 663. The second-order valence-corrected chi connectivity index (χ2v) is 7.07. The molecule has 5 nitrogen and oxygen atoms in total. The highest BCUT2D eigenvalue weighted by Crippen LogP contribution is 2.19. The molecule has 0 aliphatic carbocycles. The van der Waals surface area contributed by atoms with E-state index in [1.165, 1.54) is 11.1 Å². The minimum absolute atomic E-state index is 0.0290. The van der Waals surface area contributed by atoms with Crippen LogP contribution in [-0.2, 0) is 13.1 Å². The van der Waals surface area contributed by atoms with Crippen molar-refractivity contribution in [3.8, 4) is 5.75 Å². The van der Waals surface area contributed by atoms with Crippen LogP contribution in [0.2, 0.25) is 0 Å². The molecule has 0 spiro atoms. The van der Waals surface area contributed by atoms with Crippen LogP contribution in [0, 0.1) is 0 Å². The zero-order chi connectivity index (χ0) is 18.9. The monoisotopic (exact) mass is 370 g/mol. The average molecular weight is 370 g/mol. The van der Waals surface area contributed by atoms with Crippen molar-refractivity contribution >= 4 is 0 Å². The molecule has 2 N–H and O–H groups in total. The first kappa shape index (κ1) is 19.8. The maximum Gasteiger partial charge on any atom is 0.119 e. The molecule has 0 aromatic heterocycles. The van der Waals surface area contributed by atoms with Crippen molar-refractivity contribution in [1.82, 2.24) is 9.80 Å². The molecule has 3 rings (SSSR count). The van der Waals surface area contributed by atoms with E-state index in [1.807, 2.05) is 18.2 Å². The maximum atomic E-state index is 9.50. The second kappa shape index (κ2) is 10.4. The summed E-state index contributed by atoms with van der Waals surface area (Å²) in [6, 6.07) is 19.0. The van der Waals surface area contributed by atoms with E-state index in [0.717, 1.165) is 44.9 Å². The third-order valence-electron chi connectivity index (χ3n) is 5.07. The molecule has 1 aliphatic rings. The summed E-state index contributed by atoms with van der Waals surface area (Å²) < 4.78 is 5.42. The lowest BCUT2D eigenvalue weighted by molar-refractivity contribution is 0.0500. The van der Waals surface area contributed by atoms with E-state index in [0.29, 0.717) is 12.6 Å². The molecule has 1 heterocycles. The van der Waals surface area contributed by atoms with E-state index in [2.05, 4.69) is 46.2 Å². The van der Waals surface area contributed by atoms with E-state index in [4.69, 9.17) is 9.84 Å². The Labute approximate surface area is 161 Å². The minimum Gasteiger partial charge on any atom is -0.491 e. The number of hydrogen-bond donors (Lipinski definition) is 2. The topological polar surface area (TPSA) is 56.2 Å². The molecule has 27 heavy (non-hydrogen) atoms. The molecule has 0 bridgehead atoms. The molecular weight excluding hydrogens is 340 g/mol. The van der Waals surface area contributed by atoms with Gasteiger partial charge in [-0.1, -0.05) is 42.5 Å². The molecule has 1 saturated heterocycles. The Kier molecular flexibility index (Phi) is 7.66. The number of nitrogens with zero attached hydrogens (tertiary/aromatic N) is 2. The molecule has 0 saturated carbocycles. The van der Waals surface area contributed by atoms with Gasteiger partial charge in [-0.15, -0.1) is 0 Å². The van der Waals surface area contributed by atoms with Gasteiger partial charge in [0.2, 0.25) is 0 Å². The number of benzene rings is 2. The van der Waals surface area contributed by atoms with Gasteiger partial charge >= 0.3 is 0 Å². The van der Waals surface area contributed by atoms with Gasteiger partial charge in [0, 0.05) is 45.4 Å². The van der Waals surface area contributed by atoms with Crippen molar-refractivity contribution in [2.45, 2.75) is 25.6 Å². The van der Waals surface area contributed by atoms with Crippen LogP contribution in [0.15, 0.2) is 54.6 Å². The lowest BCUT2D eigenvalue weighted by Crippen LogP contribution is -2.52. The lowest BCUT2D eigenvalue weighted by Gasteiger charge is -2.41. The Balaban J connectivity index is 1.55. The van der Waals surface area contributed by atoms with E-state index in [9.17, 15) is 5.11 Å². The van der Waals surface area contributed by atoms with Gasteiger partial charge in [-0.05, 0) is 29.7 Å². The summed E-state index contributed by atoms with van der Waals surface area (Å²) in [5, 5.41) is 18.3. The van der Waals surface area contributed by atoms with Crippen LogP contribution in [0.25, 0.3) is 0 Å². The summed E-state index contributed by atoms with van der Waals surface area (Å²) >= 11 is 0. The minimum atomic E-state index is 0.0290. The first-order valence-corrected chi connectivity index (χ1v) is 9.72. The van der Waals surface area contributed by atoms with Gasteiger partial charge in [0.25, 0.3) is 0 Å².